The van der Waals surface area contributed by atoms with Crippen molar-refractivity contribution in [2.75, 3.05) is 0 Å². The first kappa shape index (κ1) is 13.1. The number of aryl methyl sites for hydroxylation is 1. The Labute approximate surface area is 110 Å². The molecule has 1 aromatic rings. The second-order valence-electron chi connectivity index (χ2n) is 5.46. The zero-order valence-electron chi connectivity index (χ0n) is 11.3. The Hall–Kier alpha value is -1.33. The Kier molecular flexibility index (Phi) is 4.38. The average molecular weight is 243 g/mol. The summed E-state index contributed by atoms with van der Waals surface area (Å²) in [6, 6.07) is 7.98. The molecule has 0 aliphatic heterocycles. The number of nitriles is 1. The number of benzene rings is 1. The zero-order chi connectivity index (χ0) is 13.0. The number of ether oxygens (including phenoxy) is 1. The zero-order valence-corrected chi connectivity index (χ0v) is 11.3. The molecule has 2 unspecified atom stereocenters. The standard InChI is InChI=1S/C16H21NO/c1-12-4-3-5-16(8-12)18-11-15-7-6-14(10-17)9-13(15)2/h6-7,9,12,16H,3-5,8,11H2,1-2H3. The molecule has 0 aromatic heterocycles. The lowest BCUT2D eigenvalue weighted by Gasteiger charge is -2.27. The molecule has 2 atom stereocenters. The first-order valence-electron chi connectivity index (χ1n) is 6.80. The van der Waals surface area contributed by atoms with Crippen molar-refractivity contribution in [2.45, 2.75) is 52.2 Å². The average Bonchev–Trinajstić information content (AvgIpc) is 2.37. The molecule has 2 heteroatoms. The summed E-state index contributed by atoms with van der Waals surface area (Å²) in [5.41, 5.74) is 3.08. The lowest BCUT2D eigenvalue weighted by molar-refractivity contribution is 0.00447. The number of nitrogens with zero attached hydrogens (tertiary/aromatic N) is 1. The van der Waals surface area contributed by atoms with E-state index < -0.39 is 0 Å². The van der Waals surface area contributed by atoms with Crippen molar-refractivity contribution >= 4 is 0 Å². The van der Waals surface area contributed by atoms with Crippen molar-refractivity contribution in [3.8, 4) is 6.07 Å². The maximum atomic E-state index is 8.83. The van der Waals surface area contributed by atoms with E-state index in [1.54, 1.807) is 0 Å². The van der Waals surface area contributed by atoms with Crippen LogP contribution >= 0.6 is 0 Å². The number of hydrogen-bond donors (Lipinski definition) is 0. The van der Waals surface area contributed by atoms with E-state index in [-0.39, 0.29) is 0 Å². The van der Waals surface area contributed by atoms with E-state index in [9.17, 15) is 0 Å². The van der Waals surface area contributed by atoms with Crippen molar-refractivity contribution in [1.82, 2.24) is 0 Å². The molecule has 0 amide bonds. The van der Waals surface area contributed by atoms with E-state index in [4.69, 9.17) is 10.00 Å². The number of hydrogen-bond acceptors (Lipinski definition) is 2. The van der Waals surface area contributed by atoms with Gasteiger partial charge in [-0.15, -0.1) is 0 Å². The molecule has 1 fully saturated rings. The molecule has 1 aliphatic rings. The van der Waals surface area contributed by atoms with E-state index in [1.165, 1.54) is 31.2 Å². The summed E-state index contributed by atoms with van der Waals surface area (Å²) in [5.74, 6) is 0.797. The van der Waals surface area contributed by atoms with Gasteiger partial charge in [-0.2, -0.15) is 5.26 Å². The van der Waals surface area contributed by atoms with E-state index >= 15 is 0 Å². The molecule has 0 N–H and O–H groups in total. The number of rotatable bonds is 3. The Morgan fingerprint density at radius 1 is 1.39 bits per heavy atom. The fraction of sp³-hybridized carbons (Fsp3) is 0.562. The summed E-state index contributed by atoms with van der Waals surface area (Å²) in [6.07, 6.45) is 5.44. The Balaban J connectivity index is 1.92. The van der Waals surface area contributed by atoms with Gasteiger partial charge in [0.15, 0.2) is 0 Å². The minimum atomic E-state index is 0.420. The van der Waals surface area contributed by atoms with Gasteiger partial charge in [-0.1, -0.05) is 25.8 Å². The molecule has 2 rings (SSSR count). The molecule has 1 aromatic carbocycles. The maximum Gasteiger partial charge on any atom is 0.0991 e. The van der Waals surface area contributed by atoms with Crippen LogP contribution < -0.4 is 0 Å². The Morgan fingerprint density at radius 3 is 2.89 bits per heavy atom. The van der Waals surface area contributed by atoms with Crippen molar-refractivity contribution in [3.63, 3.8) is 0 Å². The van der Waals surface area contributed by atoms with Crippen LogP contribution in [0, 0.1) is 24.2 Å². The van der Waals surface area contributed by atoms with Crippen LogP contribution in [0.25, 0.3) is 0 Å². The molecule has 0 spiro atoms. The highest BCUT2D eigenvalue weighted by molar-refractivity contribution is 5.37. The quantitative estimate of drug-likeness (QED) is 0.805. The fourth-order valence-corrected chi connectivity index (χ4v) is 2.66. The topological polar surface area (TPSA) is 33.0 Å². The molecular formula is C16H21NO. The van der Waals surface area contributed by atoms with Crippen molar-refractivity contribution < 1.29 is 4.74 Å². The Bertz CT molecular complexity index is 447. The minimum absolute atomic E-state index is 0.420. The van der Waals surface area contributed by atoms with Gasteiger partial charge >= 0.3 is 0 Å². The van der Waals surface area contributed by atoms with Gasteiger partial charge in [0.1, 0.15) is 0 Å². The summed E-state index contributed by atoms with van der Waals surface area (Å²) < 4.78 is 6.01. The van der Waals surface area contributed by atoms with Crippen LogP contribution in [-0.2, 0) is 11.3 Å². The molecule has 1 saturated carbocycles. The first-order chi connectivity index (χ1) is 8.69. The van der Waals surface area contributed by atoms with Gasteiger partial charge in [-0.25, -0.2) is 0 Å². The minimum Gasteiger partial charge on any atom is -0.374 e. The van der Waals surface area contributed by atoms with Gasteiger partial charge in [-0.3, -0.25) is 0 Å². The highest BCUT2D eigenvalue weighted by atomic mass is 16.5. The molecule has 0 heterocycles. The van der Waals surface area contributed by atoms with Gasteiger partial charge in [0.25, 0.3) is 0 Å². The smallest absolute Gasteiger partial charge is 0.0991 e. The molecule has 1 aliphatic carbocycles. The van der Waals surface area contributed by atoms with Gasteiger partial charge in [0.2, 0.25) is 0 Å². The van der Waals surface area contributed by atoms with E-state index in [2.05, 4.69) is 13.0 Å². The first-order valence-corrected chi connectivity index (χ1v) is 6.80. The van der Waals surface area contributed by atoms with Crippen LogP contribution in [0.5, 0.6) is 0 Å². The van der Waals surface area contributed by atoms with Crippen LogP contribution in [0.1, 0.15) is 49.3 Å². The van der Waals surface area contributed by atoms with E-state index in [1.807, 2.05) is 25.1 Å². The summed E-state index contributed by atoms with van der Waals surface area (Å²) >= 11 is 0. The van der Waals surface area contributed by atoms with Gasteiger partial charge < -0.3 is 4.74 Å². The fourth-order valence-electron chi connectivity index (χ4n) is 2.66. The van der Waals surface area contributed by atoms with Crippen molar-refractivity contribution in [2.24, 2.45) is 5.92 Å². The molecular weight excluding hydrogens is 222 g/mol. The summed E-state index contributed by atoms with van der Waals surface area (Å²) in [4.78, 5) is 0. The van der Waals surface area contributed by atoms with Crippen LogP contribution in [0.3, 0.4) is 0 Å². The molecule has 0 bridgehead atoms. The lowest BCUT2D eigenvalue weighted by atomic mass is 9.89. The van der Waals surface area contributed by atoms with Gasteiger partial charge in [0, 0.05) is 0 Å². The second kappa shape index (κ2) is 6.02. The molecule has 2 nitrogen and oxygen atoms in total. The predicted octanol–water partition coefficient (Wildman–Crippen LogP) is 3.96. The van der Waals surface area contributed by atoms with E-state index in [0.717, 1.165) is 17.0 Å². The highest BCUT2D eigenvalue weighted by Gasteiger charge is 2.19. The predicted molar refractivity (Wildman–Crippen MR) is 72.1 cm³/mol. The lowest BCUT2D eigenvalue weighted by Crippen LogP contribution is -2.21. The van der Waals surface area contributed by atoms with Crippen molar-refractivity contribution in [1.29, 1.82) is 5.26 Å². The maximum absolute atomic E-state index is 8.83. The molecule has 0 saturated heterocycles. The Morgan fingerprint density at radius 2 is 2.22 bits per heavy atom. The summed E-state index contributed by atoms with van der Waals surface area (Å²) in [6.45, 7) is 5.03. The van der Waals surface area contributed by atoms with Crippen LogP contribution in [-0.4, -0.2) is 6.10 Å². The monoisotopic (exact) mass is 243 g/mol. The summed E-state index contributed by atoms with van der Waals surface area (Å²) in [5, 5.41) is 8.83. The normalized spacial score (nSPS) is 23.6. The largest absolute Gasteiger partial charge is 0.374 e. The highest BCUT2D eigenvalue weighted by Crippen LogP contribution is 2.26. The third-order valence-electron chi connectivity index (χ3n) is 3.83. The van der Waals surface area contributed by atoms with Crippen LogP contribution in [0.4, 0.5) is 0 Å². The molecule has 96 valence electrons. The SMILES string of the molecule is Cc1cc(C#N)ccc1COC1CCCC(C)C1. The van der Waals surface area contributed by atoms with Crippen molar-refractivity contribution in [3.05, 3.63) is 34.9 Å². The van der Waals surface area contributed by atoms with Gasteiger partial charge in [0.05, 0.1) is 24.3 Å². The molecule has 0 radical (unpaired) electrons. The third kappa shape index (κ3) is 3.34. The van der Waals surface area contributed by atoms with Crippen LogP contribution in [0.2, 0.25) is 0 Å². The van der Waals surface area contributed by atoms with E-state index in [0.29, 0.717) is 12.7 Å². The molecule has 18 heavy (non-hydrogen) atoms. The van der Waals surface area contributed by atoms with Crippen LogP contribution in [0.15, 0.2) is 18.2 Å². The second-order valence-corrected chi connectivity index (χ2v) is 5.46. The third-order valence-corrected chi connectivity index (χ3v) is 3.83. The summed E-state index contributed by atoms with van der Waals surface area (Å²) in [7, 11) is 0. The van der Waals surface area contributed by atoms with Gasteiger partial charge in [-0.05, 0) is 48.9 Å².